The van der Waals surface area contributed by atoms with Gasteiger partial charge in [0, 0.05) is 5.56 Å². The van der Waals surface area contributed by atoms with E-state index >= 15 is 0 Å². The highest BCUT2D eigenvalue weighted by atomic mass is 19.4. The average molecular weight is 250 g/mol. The number of carboxylic acids is 1. The van der Waals surface area contributed by atoms with E-state index in [0.717, 1.165) is 18.2 Å². The first-order chi connectivity index (χ1) is 7.73. The maximum absolute atomic E-state index is 12.6. The molecule has 1 rings (SSSR count). The molecule has 0 bridgehead atoms. The van der Waals surface area contributed by atoms with Crippen molar-refractivity contribution >= 4 is 5.97 Å². The van der Waals surface area contributed by atoms with E-state index in [0.29, 0.717) is 0 Å². The monoisotopic (exact) mass is 250 g/mol. The van der Waals surface area contributed by atoms with Crippen LogP contribution in [0.25, 0.3) is 0 Å². The van der Waals surface area contributed by atoms with Crippen LogP contribution < -0.4 is 4.74 Å². The number of halogens is 3. The molecule has 0 aliphatic rings. The molecule has 17 heavy (non-hydrogen) atoms. The fourth-order valence-electron chi connectivity index (χ4n) is 1.26. The van der Waals surface area contributed by atoms with Crippen molar-refractivity contribution in [2.75, 3.05) is 7.11 Å². The fraction of sp³-hybridized carbons (Fsp3) is 0.300. The van der Waals surface area contributed by atoms with Gasteiger partial charge in [-0.25, -0.2) is 4.79 Å². The molecule has 0 aliphatic carbocycles. The van der Waals surface area contributed by atoms with Crippen LogP contribution in [0.3, 0.4) is 0 Å². The van der Waals surface area contributed by atoms with Crippen molar-refractivity contribution in [3.8, 4) is 5.75 Å². The molecule has 0 aliphatic heterocycles. The number of aliphatic hydroxyl groups is 1. The standard InChI is InChI=1S/C10H9F3O4/c1-17-7-4-2-3-6(5-7)9(16,8(14)15)10(11,12)13/h2-5,16H,1H3,(H,14,15)/t9-/m0/s1. The van der Waals surface area contributed by atoms with Crippen molar-refractivity contribution in [2.45, 2.75) is 11.8 Å². The quantitative estimate of drug-likeness (QED) is 0.853. The Bertz CT molecular complexity index is 430. The first-order valence-electron chi connectivity index (χ1n) is 4.40. The summed E-state index contributed by atoms with van der Waals surface area (Å²) in [5.41, 5.74) is -4.75. The summed E-state index contributed by atoms with van der Waals surface area (Å²) in [4.78, 5) is 10.7. The van der Waals surface area contributed by atoms with Crippen molar-refractivity contribution in [2.24, 2.45) is 0 Å². The zero-order valence-corrected chi connectivity index (χ0v) is 8.65. The summed E-state index contributed by atoms with van der Waals surface area (Å²) >= 11 is 0. The van der Waals surface area contributed by atoms with Crippen molar-refractivity contribution in [1.29, 1.82) is 0 Å². The second-order valence-electron chi connectivity index (χ2n) is 3.25. The topological polar surface area (TPSA) is 66.8 Å². The van der Waals surface area contributed by atoms with Crippen LogP contribution in [0.15, 0.2) is 24.3 Å². The Hall–Kier alpha value is -1.76. The van der Waals surface area contributed by atoms with Crippen LogP contribution in [0, 0.1) is 0 Å². The minimum Gasteiger partial charge on any atom is -0.497 e. The molecule has 4 nitrogen and oxygen atoms in total. The number of benzene rings is 1. The highest BCUT2D eigenvalue weighted by Gasteiger charge is 2.61. The summed E-state index contributed by atoms with van der Waals surface area (Å²) in [5.74, 6) is -2.37. The molecule has 0 fully saturated rings. The molecule has 0 unspecified atom stereocenters. The lowest BCUT2D eigenvalue weighted by Crippen LogP contribution is -2.49. The number of methoxy groups -OCH3 is 1. The summed E-state index contributed by atoms with van der Waals surface area (Å²) in [5, 5.41) is 17.9. The van der Waals surface area contributed by atoms with Crippen LogP contribution in [0.2, 0.25) is 0 Å². The number of alkyl halides is 3. The second-order valence-corrected chi connectivity index (χ2v) is 3.25. The number of carboxylic acid groups (broad SMARTS) is 1. The first-order valence-corrected chi connectivity index (χ1v) is 4.40. The Balaban J connectivity index is 3.38. The fourth-order valence-corrected chi connectivity index (χ4v) is 1.26. The van der Waals surface area contributed by atoms with Gasteiger partial charge in [0.1, 0.15) is 5.75 Å². The van der Waals surface area contributed by atoms with Gasteiger partial charge >= 0.3 is 12.1 Å². The van der Waals surface area contributed by atoms with E-state index in [4.69, 9.17) is 5.11 Å². The SMILES string of the molecule is COc1cccc([C@](O)(C(=O)O)C(F)(F)F)c1. The first kappa shape index (κ1) is 13.3. The highest BCUT2D eigenvalue weighted by molar-refractivity contribution is 5.80. The van der Waals surface area contributed by atoms with Crippen molar-refractivity contribution in [3.63, 3.8) is 0 Å². The van der Waals surface area contributed by atoms with Crippen molar-refractivity contribution in [3.05, 3.63) is 29.8 Å². The minimum atomic E-state index is -5.33. The normalized spacial score (nSPS) is 15.1. The number of carbonyl (C=O) groups is 1. The molecule has 0 saturated carbocycles. The number of hydrogen-bond acceptors (Lipinski definition) is 3. The molecule has 94 valence electrons. The number of aliphatic carboxylic acids is 1. The highest BCUT2D eigenvalue weighted by Crippen LogP contribution is 2.40. The molecule has 0 spiro atoms. The Kier molecular flexibility index (Phi) is 3.33. The maximum Gasteiger partial charge on any atom is 0.432 e. The van der Waals surface area contributed by atoms with Crippen LogP contribution in [0.4, 0.5) is 13.2 Å². The van der Waals surface area contributed by atoms with E-state index in [1.807, 2.05) is 0 Å². The third-order valence-corrected chi connectivity index (χ3v) is 2.21. The number of ether oxygens (including phenoxy) is 1. The van der Waals surface area contributed by atoms with Crippen LogP contribution in [-0.2, 0) is 10.4 Å². The minimum absolute atomic E-state index is 0.0198. The van der Waals surface area contributed by atoms with Gasteiger partial charge < -0.3 is 14.9 Å². The summed E-state index contributed by atoms with van der Waals surface area (Å²) < 4.78 is 42.5. The molecule has 1 aromatic carbocycles. The van der Waals surface area contributed by atoms with E-state index in [2.05, 4.69) is 4.74 Å². The maximum atomic E-state index is 12.6. The van der Waals surface area contributed by atoms with Crippen molar-refractivity contribution < 1.29 is 32.9 Å². The second kappa shape index (κ2) is 4.25. The van der Waals surface area contributed by atoms with E-state index in [9.17, 15) is 23.1 Å². The van der Waals surface area contributed by atoms with Gasteiger partial charge in [-0.2, -0.15) is 13.2 Å². The lowest BCUT2D eigenvalue weighted by atomic mass is 9.93. The van der Waals surface area contributed by atoms with E-state index in [-0.39, 0.29) is 5.75 Å². The zero-order chi connectivity index (χ0) is 13.3. The Morgan fingerprint density at radius 2 is 1.94 bits per heavy atom. The molecule has 0 heterocycles. The third-order valence-electron chi connectivity index (χ3n) is 2.21. The predicted molar refractivity (Wildman–Crippen MR) is 50.6 cm³/mol. The largest absolute Gasteiger partial charge is 0.497 e. The summed E-state index contributed by atoms with van der Waals surface area (Å²) in [6.07, 6.45) is -5.33. The van der Waals surface area contributed by atoms with Gasteiger partial charge in [0.15, 0.2) is 0 Å². The Labute approximate surface area is 94.3 Å². The summed E-state index contributed by atoms with van der Waals surface area (Å²) in [6, 6.07) is 4.18. The average Bonchev–Trinajstić information content (AvgIpc) is 2.26. The van der Waals surface area contributed by atoms with Crippen LogP contribution in [0.5, 0.6) is 5.75 Å². The number of rotatable bonds is 3. The molecule has 7 heteroatoms. The summed E-state index contributed by atoms with van der Waals surface area (Å²) in [6.45, 7) is 0. The number of hydrogen-bond donors (Lipinski definition) is 2. The molecule has 0 amide bonds. The smallest absolute Gasteiger partial charge is 0.432 e. The molecule has 0 radical (unpaired) electrons. The van der Waals surface area contributed by atoms with E-state index in [1.54, 1.807) is 0 Å². The lowest BCUT2D eigenvalue weighted by molar-refractivity contribution is -0.265. The van der Waals surface area contributed by atoms with Crippen LogP contribution >= 0.6 is 0 Å². The van der Waals surface area contributed by atoms with Gasteiger partial charge in [0.25, 0.3) is 5.60 Å². The van der Waals surface area contributed by atoms with Gasteiger partial charge in [-0.05, 0) is 12.1 Å². The van der Waals surface area contributed by atoms with Crippen LogP contribution in [0.1, 0.15) is 5.56 Å². The lowest BCUT2D eigenvalue weighted by Gasteiger charge is -2.26. The predicted octanol–water partition coefficient (Wildman–Crippen LogP) is 1.53. The molecule has 0 saturated heterocycles. The van der Waals surface area contributed by atoms with Gasteiger partial charge in [0.05, 0.1) is 7.11 Å². The molecule has 2 N–H and O–H groups in total. The third kappa shape index (κ3) is 2.19. The van der Waals surface area contributed by atoms with E-state index in [1.165, 1.54) is 13.2 Å². The Morgan fingerprint density at radius 3 is 2.35 bits per heavy atom. The van der Waals surface area contributed by atoms with E-state index < -0.39 is 23.3 Å². The Morgan fingerprint density at radius 1 is 1.35 bits per heavy atom. The molecule has 0 aromatic heterocycles. The summed E-state index contributed by atoms with van der Waals surface area (Å²) in [7, 11) is 1.21. The van der Waals surface area contributed by atoms with Crippen LogP contribution in [-0.4, -0.2) is 29.5 Å². The molecule has 1 atom stereocenters. The molecular formula is C10H9F3O4. The van der Waals surface area contributed by atoms with Gasteiger partial charge in [-0.3, -0.25) is 0 Å². The van der Waals surface area contributed by atoms with Gasteiger partial charge in [-0.15, -0.1) is 0 Å². The molecular weight excluding hydrogens is 241 g/mol. The van der Waals surface area contributed by atoms with Gasteiger partial charge in [-0.1, -0.05) is 12.1 Å². The van der Waals surface area contributed by atoms with Crippen molar-refractivity contribution in [1.82, 2.24) is 0 Å². The van der Waals surface area contributed by atoms with Gasteiger partial charge in [0.2, 0.25) is 0 Å². The molecule has 1 aromatic rings. The zero-order valence-electron chi connectivity index (χ0n) is 8.65.